The van der Waals surface area contributed by atoms with Crippen LogP contribution in [0.5, 0.6) is 0 Å². The average molecular weight is 283 g/mol. The number of benzene rings is 1. The van der Waals surface area contributed by atoms with Crippen molar-refractivity contribution in [3.8, 4) is 0 Å². The SMILES string of the molecule is CCCCCC(C)(C)CNC(C)c1cc(F)ccc1F. The van der Waals surface area contributed by atoms with Gasteiger partial charge in [-0.25, -0.2) is 8.78 Å². The van der Waals surface area contributed by atoms with Crippen molar-refractivity contribution in [1.82, 2.24) is 5.32 Å². The lowest BCUT2D eigenvalue weighted by molar-refractivity contribution is 0.289. The molecule has 114 valence electrons. The molecular weight excluding hydrogens is 256 g/mol. The first-order chi connectivity index (χ1) is 9.35. The third-order valence-electron chi connectivity index (χ3n) is 3.77. The second-order valence-corrected chi connectivity index (χ2v) is 6.39. The summed E-state index contributed by atoms with van der Waals surface area (Å²) >= 11 is 0. The Hall–Kier alpha value is -0.960. The molecule has 0 aliphatic carbocycles. The number of hydrogen-bond acceptors (Lipinski definition) is 1. The van der Waals surface area contributed by atoms with Gasteiger partial charge in [0.05, 0.1) is 0 Å². The molecule has 1 nitrogen and oxygen atoms in total. The highest BCUT2D eigenvalue weighted by Gasteiger charge is 2.19. The molecule has 1 aromatic rings. The lowest BCUT2D eigenvalue weighted by atomic mass is 9.86. The van der Waals surface area contributed by atoms with E-state index < -0.39 is 5.82 Å². The molecule has 0 aliphatic rings. The van der Waals surface area contributed by atoms with Crippen LogP contribution in [0.2, 0.25) is 0 Å². The van der Waals surface area contributed by atoms with E-state index in [0.717, 1.165) is 19.0 Å². The molecule has 1 unspecified atom stereocenters. The van der Waals surface area contributed by atoms with E-state index in [1.165, 1.54) is 31.4 Å². The highest BCUT2D eigenvalue weighted by atomic mass is 19.1. The number of halogens is 2. The van der Waals surface area contributed by atoms with E-state index in [-0.39, 0.29) is 17.3 Å². The van der Waals surface area contributed by atoms with Crippen molar-refractivity contribution in [3.05, 3.63) is 35.4 Å². The largest absolute Gasteiger partial charge is 0.310 e. The molecule has 0 heterocycles. The summed E-state index contributed by atoms with van der Waals surface area (Å²) in [6, 6.07) is 3.43. The Morgan fingerprint density at radius 2 is 1.90 bits per heavy atom. The van der Waals surface area contributed by atoms with Crippen LogP contribution in [-0.4, -0.2) is 6.54 Å². The van der Waals surface area contributed by atoms with Crippen LogP contribution in [0.15, 0.2) is 18.2 Å². The van der Waals surface area contributed by atoms with Crippen molar-refractivity contribution < 1.29 is 8.78 Å². The van der Waals surface area contributed by atoms with Crippen molar-refractivity contribution in [2.75, 3.05) is 6.54 Å². The molecule has 1 N–H and O–H groups in total. The maximum atomic E-state index is 13.7. The minimum absolute atomic E-state index is 0.174. The van der Waals surface area contributed by atoms with Gasteiger partial charge in [-0.05, 0) is 37.0 Å². The van der Waals surface area contributed by atoms with E-state index in [1.807, 2.05) is 6.92 Å². The van der Waals surface area contributed by atoms with Crippen LogP contribution >= 0.6 is 0 Å². The van der Waals surface area contributed by atoms with Crippen LogP contribution in [-0.2, 0) is 0 Å². The van der Waals surface area contributed by atoms with E-state index in [0.29, 0.717) is 5.56 Å². The van der Waals surface area contributed by atoms with Gasteiger partial charge in [-0.1, -0.05) is 40.0 Å². The highest BCUT2D eigenvalue weighted by molar-refractivity contribution is 5.21. The fraction of sp³-hybridized carbons (Fsp3) is 0.647. The molecule has 1 atom stereocenters. The third-order valence-corrected chi connectivity index (χ3v) is 3.77. The smallest absolute Gasteiger partial charge is 0.128 e. The number of rotatable bonds is 8. The summed E-state index contributed by atoms with van der Waals surface area (Å²) in [5, 5.41) is 3.33. The van der Waals surface area contributed by atoms with Gasteiger partial charge < -0.3 is 5.32 Å². The maximum Gasteiger partial charge on any atom is 0.128 e. The van der Waals surface area contributed by atoms with Gasteiger partial charge in [-0.15, -0.1) is 0 Å². The minimum Gasteiger partial charge on any atom is -0.310 e. The van der Waals surface area contributed by atoms with Crippen molar-refractivity contribution >= 4 is 0 Å². The Morgan fingerprint density at radius 3 is 2.55 bits per heavy atom. The topological polar surface area (TPSA) is 12.0 Å². The van der Waals surface area contributed by atoms with E-state index in [4.69, 9.17) is 0 Å². The Labute approximate surface area is 121 Å². The first-order valence-electron chi connectivity index (χ1n) is 7.54. The summed E-state index contributed by atoms with van der Waals surface area (Å²) < 4.78 is 26.9. The zero-order chi connectivity index (χ0) is 15.2. The molecule has 0 spiro atoms. The van der Waals surface area contributed by atoms with Crippen LogP contribution < -0.4 is 5.32 Å². The molecule has 0 aromatic heterocycles. The van der Waals surface area contributed by atoms with Gasteiger partial charge in [0, 0.05) is 18.2 Å². The van der Waals surface area contributed by atoms with Gasteiger partial charge in [0.1, 0.15) is 11.6 Å². The van der Waals surface area contributed by atoms with Gasteiger partial charge in [0.15, 0.2) is 0 Å². The summed E-state index contributed by atoms with van der Waals surface area (Å²) in [4.78, 5) is 0. The van der Waals surface area contributed by atoms with Gasteiger partial charge >= 0.3 is 0 Å². The quantitative estimate of drug-likeness (QED) is 0.645. The molecule has 0 bridgehead atoms. The molecule has 1 aromatic carbocycles. The Morgan fingerprint density at radius 1 is 1.20 bits per heavy atom. The summed E-state index contributed by atoms with van der Waals surface area (Å²) in [6.45, 7) is 9.29. The van der Waals surface area contributed by atoms with Crippen molar-refractivity contribution in [2.45, 2.75) is 59.4 Å². The normalized spacial score (nSPS) is 13.5. The predicted octanol–water partition coefficient (Wildman–Crippen LogP) is 5.22. The van der Waals surface area contributed by atoms with Gasteiger partial charge in [-0.2, -0.15) is 0 Å². The van der Waals surface area contributed by atoms with Crippen molar-refractivity contribution in [3.63, 3.8) is 0 Å². The molecule has 1 rings (SSSR count). The second kappa shape index (κ2) is 7.72. The summed E-state index contributed by atoms with van der Waals surface area (Å²) in [5.74, 6) is -0.743. The molecule has 0 fully saturated rings. The minimum atomic E-state index is -0.391. The van der Waals surface area contributed by atoms with Crippen LogP contribution in [0.4, 0.5) is 8.78 Å². The van der Waals surface area contributed by atoms with Crippen molar-refractivity contribution in [1.29, 1.82) is 0 Å². The molecule has 0 saturated heterocycles. The standard InChI is InChI=1S/C17H27F2N/c1-5-6-7-10-17(3,4)12-20-13(2)15-11-14(18)8-9-16(15)19/h8-9,11,13,20H,5-7,10,12H2,1-4H3. The lowest BCUT2D eigenvalue weighted by Gasteiger charge is -2.27. The zero-order valence-electron chi connectivity index (χ0n) is 13.1. The highest BCUT2D eigenvalue weighted by Crippen LogP contribution is 2.25. The second-order valence-electron chi connectivity index (χ2n) is 6.39. The van der Waals surface area contributed by atoms with Crippen molar-refractivity contribution in [2.24, 2.45) is 5.41 Å². The van der Waals surface area contributed by atoms with Crippen LogP contribution in [0.1, 0.15) is 65.0 Å². The monoisotopic (exact) mass is 283 g/mol. The summed E-state index contributed by atoms with van der Waals surface area (Å²) in [5.41, 5.74) is 0.571. The lowest BCUT2D eigenvalue weighted by Crippen LogP contribution is -2.31. The fourth-order valence-corrected chi connectivity index (χ4v) is 2.33. The first-order valence-corrected chi connectivity index (χ1v) is 7.54. The third kappa shape index (κ3) is 5.58. The molecule has 3 heteroatoms. The Kier molecular flexibility index (Phi) is 6.60. The average Bonchev–Trinajstić information content (AvgIpc) is 2.39. The van der Waals surface area contributed by atoms with E-state index in [1.54, 1.807) is 0 Å². The van der Waals surface area contributed by atoms with Crippen LogP contribution in [0.3, 0.4) is 0 Å². The number of unbranched alkanes of at least 4 members (excludes halogenated alkanes) is 2. The predicted molar refractivity (Wildman–Crippen MR) is 80.7 cm³/mol. The molecule has 0 radical (unpaired) electrons. The fourth-order valence-electron chi connectivity index (χ4n) is 2.33. The van der Waals surface area contributed by atoms with Gasteiger partial charge in [0.2, 0.25) is 0 Å². The van der Waals surface area contributed by atoms with E-state index in [2.05, 4.69) is 26.1 Å². The maximum absolute atomic E-state index is 13.7. The van der Waals surface area contributed by atoms with Crippen LogP contribution in [0.25, 0.3) is 0 Å². The molecule has 20 heavy (non-hydrogen) atoms. The zero-order valence-corrected chi connectivity index (χ0v) is 13.1. The van der Waals surface area contributed by atoms with E-state index >= 15 is 0 Å². The van der Waals surface area contributed by atoms with Gasteiger partial charge in [0.25, 0.3) is 0 Å². The van der Waals surface area contributed by atoms with Crippen LogP contribution in [0, 0.1) is 17.0 Å². The molecule has 0 saturated carbocycles. The molecular formula is C17H27F2N. The number of hydrogen-bond donors (Lipinski definition) is 1. The molecule has 0 amide bonds. The Bertz CT molecular complexity index is 415. The Balaban J connectivity index is 2.53. The number of nitrogens with one attached hydrogen (secondary N) is 1. The molecule has 0 aliphatic heterocycles. The van der Waals surface area contributed by atoms with Gasteiger partial charge in [-0.3, -0.25) is 0 Å². The summed E-state index contributed by atoms with van der Waals surface area (Å²) in [7, 11) is 0. The summed E-state index contributed by atoms with van der Waals surface area (Å²) in [6.07, 6.45) is 4.83. The first kappa shape index (κ1) is 17.1. The van der Waals surface area contributed by atoms with E-state index in [9.17, 15) is 8.78 Å².